The third-order valence-corrected chi connectivity index (χ3v) is 5.50. The fraction of sp³-hybridized carbons (Fsp3) is 0.240. The predicted molar refractivity (Wildman–Crippen MR) is 116 cm³/mol. The summed E-state index contributed by atoms with van der Waals surface area (Å²) in [5, 5.41) is 2.87. The molecule has 1 saturated heterocycles. The molecule has 4 rings (SSSR count). The molecule has 0 unspecified atom stereocenters. The maximum atomic E-state index is 14.6. The van der Waals surface area contributed by atoms with E-state index in [9.17, 15) is 9.18 Å². The molecule has 0 spiro atoms. The van der Waals surface area contributed by atoms with E-state index < -0.39 is 5.82 Å². The number of carbonyl (C=O) groups excluding carboxylic acids is 1. The summed E-state index contributed by atoms with van der Waals surface area (Å²) in [5.74, 6) is -0.661. The van der Waals surface area contributed by atoms with Gasteiger partial charge in [0.25, 0.3) is 0 Å². The van der Waals surface area contributed by atoms with Crippen LogP contribution in [0.4, 0.5) is 15.8 Å². The van der Waals surface area contributed by atoms with E-state index in [1.54, 1.807) is 6.07 Å². The number of para-hydroxylation sites is 1. The van der Waals surface area contributed by atoms with Crippen molar-refractivity contribution in [2.75, 3.05) is 23.3 Å². The quantitative estimate of drug-likeness (QED) is 0.597. The van der Waals surface area contributed by atoms with Crippen LogP contribution >= 0.6 is 0 Å². The molecule has 1 aliphatic rings. The van der Waals surface area contributed by atoms with Crippen LogP contribution in [-0.4, -0.2) is 19.0 Å². The lowest BCUT2D eigenvalue weighted by Crippen LogP contribution is -2.23. The number of rotatable bonds is 6. The topological polar surface area (TPSA) is 32.3 Å². The third kappa shape index (κ3) is 4.48. The van der Waals surface area contributed by atoms with Gasteiger partial charge in [0.15, 0.2) is 0 Å². The van der Waals surface area contributed by atoms with Crippen molar-refractivity contribution in [2.24, 2.45) is 0 Å². The van der Waals surface area contributed by atoms with Crippen molar-refractivity contribution in [3.63, 3.8) is 0 Å². The van der Waals surface area contributed by atoms with Gasteiger partial charge in [-0.3, -0.25) is 4.79 Å². The fourth-order valence-corrected chi connectivity index (χ4v) is 4.03. The van der Waals surface area contributed by atoms with Crippen LogP contribution in [0.25, 0.3) is 0 Å². The summed E-state index contributed by atoms with van der Waals surface area (Å²) in [5.41, 5.74) is 3.20. The Balaban J connectivity index is 1.58. The first-order valence-corrected chi connectivity index (χ1v) is 10.2. The fourth-order valence-electron chi connectivity index (χ4n) is 4.03. The molecular weight excluding hydrogens is 363 g/mol. The molecule has 1 aliphatic heterocycles. The number of benzene rings is 3. The number of hydrogen-bond donors (Lipinski definition) is 1. The summed E-state index contributed by atoms with van der Waals surface area (Å²) in [4.78, 5) is 15.1. The first-order chi connectivity index (χ1) is 14.2. The Kier molecular flexibility index (Phi) is 5.89. The summed E-state index contributed by atoms with van der Waals surface area (Å²) in [7, 11) is 0. The molecule has 1 N–H and O–H groups in total. The molecule has 0 radical (unpaired) electrons. The first kappa shape index (κ1) is 19.2. The minimum absolute atomic E-state index is 0.0839. The van der Waals surface area contributed by atoms with Crippen LogP contribution in [0, 0.1) is 5.82 Å². The second kappa shape index (κ2) is 8.91. The van der Waals surface area contributed by atoms with E-state index in [0.29, 0.717) is 5.69 Å². The highest BCUT2D eigenvalue weighted by Gasteiger charge is 2.22. The van der Waals surface area contributed by atoms with Gasteiger partial charge in [-0.2, -0.15) is 0 Å². The van der Waals surface area contributed by atoms with Gasteiger partial charge < -0.3 is 10.2 Å². The van der Waals surface area contributed by atoms with Gasteiger partial charge in [-0.15, -0.1) is 0 Å². The molecule has 0 aliphatic carbocycles. The van der Waals surface area contributed by atoms with Crippen molar-refractivity contribution in [1.82, 2.24) is 0 Å². The minimum Gasteiger partial charge on any atom is -0.370 e. The van der Waals surface area contributed by atoms with Gasteiger partial charge in [0.05, 0.1) is 5.69 Å². The number of anilines is 2. The molecule has 148 valence electrons. The van der Waals surface area contributed by atoms with Gasteiger partial charge in [0.1, 0.15) is 11.5 Å². The van der Waals surface area contributed by atoms with Crippen LogP contribution in [0.5, 0.6) is 0 Å². The van der Waals surface area contributed by atoms with Crippen molar-refractivity contribution in [2.45, 2.75) is 25.2 Å². The zero-order valence-corrected chi connectivity index (χ0v) is 16.4. The molecule has 0 saturated carbocycles. The summed E-state index contributed by atoms with van der Waals surface area (Å²) in [6.45, 7) is 1.78. The number of hydrogen-bond acceptors (Lipinski definition) is 2. The van der Waals surface area contributed by atoms with E-state index >= 15 is 0 Å². The lowest BCUT2D eigenvalue weighted by molar-refractivity contribution is -0.116. The van der Waals surface area contributed by atoms with Crippen molar-refractivity contribution >= 4 is 17.3 Å². The summed E-state index contributed by atoms with van der Waals surface area (Å²) < 4.78 is 14.6. The second-order valence-electron chi connectivity index (χ2n) is 7.45. The molecule has 4 heteroatoms. The van der Waals surface area contributed by atoms with Crippen LogP contribution in [0.2, 0.25) is 0 Å². The van der Waals surface area contributed by atoms with Gasteiger partial charge in [-0.05, 0) is 36.1 Å². The summed E-state index contributed by atoms with van der Waals surface area (Å²) in [6.07, 6.45) is 2.43. The molecule has 1 heterocycles. The SMILES string of the molecule is O=C(CC(c1ccccc1)c1ccccc1)Nc1c(F)cccc1N1CCCC1. The lowest BCUT2D eigenvalue weighted by atomic mass is 9.88. The van der Waals surface area contributed by atoms with E-state index in [1.165, 1.54) is 6.07 Å². The van der Waals surface area contributed by atoms with Crippen LogP contribution < -0.4 is 10.2 Å². The van der Waals surface area contributed by atoms with Crippen LogP contribution in [0.3, 0.4) is 0 Å². The van der Waals surface area contributed by atoms with Crippen LogP contribution in [0.15, 0.2) is 78.9 Å². The molecule has 29 heavy (non-hydrogen) atoms. The number of nitrogens with zero attached hydrogens (tertiary/aromatic N) is 1. The van der Waals surface area contributed by atoms with Gasteiger partial charge in [0, 0.05) is 25.4 Å². The monoisotopic (exact) mass is 388 g/mol. The first-order valence-electron chi connectivity index (χ1n) is 10.2. The van der Waals surface area contributed by atoms with Gasteiger partial charge in [-0.25, -0.2) is 4.39 Å². The average Bonchev–Trinajstić information content (AvgIpc) is 3.29. The largest absolute Gasteiger partial charge is 0.370 e. The molecule has 3 aromatic rings. The number of nitrogens with one attached hydrogen (secondary N) is 1. The second-order valence-corrected chi connectivity index (χ2v) is 7.45. The third-order valence-electron chi connectivity index (χ3n) is 5.50. The van der Waals surface area contributed by atoms with Gasteiger partial charge in [-0.1, -0.05) is 66.7 Å². The Hall–Kier alpha value is -3.14. The van der Waals surface area contributed by atoms with Gasteiger partial charge >= 0.3 is 0 Å². The van der Waals surface area contributed by atoms with E-state index in [1.807, 2.05) is 66.7 Å². The van der Waals surface area contributed by atoms with E-state index in [4.69, 9.17) is 0 Å². The smallest absolute Gasteiger partial charge is 0.225 e. The van der Waals surface area contributed by atoms with E-state index in [2.05, 4.69) is 10.2 Å². The molecule has 3 nitrogen and oxygen atoms in total. The molecule has 0 atom stereocenters. The van der Waals surface area contributed by atoms with Crippen LogP contribution in [-0.2, 0) is 4.79 Å². The Morgan fingerprint density at radius 2 is 1.45 bits per heavy atom. The Morgan fingerprint density at radius 1 is 0.862 bits per heavy atom. The maximum Gasteiger partial charge on any atom is 0.225 e. The maximum absolute atomic E-state index is 14.6. The molecule has 1 fully saturated rings. The number of halogens is 1. The molecule has 0 bridgehead atoms. The zero-order valence-electron chi connectivity index (χ0n) is 16.4. The lowest BCUT2D eigenvalue weighted by Gasteiger charge is -2.23. The summed E-state index contributed by atoms with van der Waals surface area (Å²) >= 11 is 0. The Labute approximate surface area is 171 Å². The highest BCUT2D eigenvalue weighted by molar-refractivity contribution is 5.95. The standard InChI is InChI=1S/C25H25FN2O/c26-22-14-9-15-23(28-16-7-8-17-28)25(22)27-24(29)18-21(19-10-3-1-4-11-19)20-12-5-2-6-13-20/h1-6,9-15,21H,7-8,16-18H2,(H,27,29). The minimum atomic E-state index is -0.390. The normalized spacial score (nSPS) is 13.7. The predicted octanol–water partition coefficient (Wildman–Crippen LogP) is 5.59. The van der Waals surface area contributed by atoms with Crippen LogP contribution in [0.1, 0.15) is 36.3 Å². The molecule has 0 aromatic heterocycles. The number of amides is 1. The van der Waals surface area contributed by atoms with Gasteiger partial charge in [0.2, 0.25) is 5.91 Å². The average molecular weight is 388 g/mol. The van der Waals surface area contributed by atoms with E-state index in [0.717, 1.165) is 42.7 Å². The highest BCUT2D eigenvalue weighted by Crippen LogP contribution is 2.33. The van der Waals surface area contributed by atoms with E-state index in [-0.39, 0.29) is 18.2 Å². The Morgan fingerprint density at radius 3 is 2.03 bits per heavy atom. The molecule has 1 amide bonds. The zero-order chi connectivity index (χ0) is 20.1. The van der Waals surface area contributed by atoms with Crippen molar-refractivity contribution in [3.05, 3.63) is 95.8 Å². The summed E-state index contributed by atoms with van der Waals surface area (Å²) in [6, 6.07) is 25.0. The highest BCUT2D eigenvalue weighted by atomic mass is 19.1. The molecular formula is C25H25FN2O. The van der Waals surface area contributed by atoms with Crippen molar-refractivity contribution in [3.8, 4) is 0 Å². The number of carbonyl (C=O) groups is 1. The van der Waals surface area contributed by atoms with Crippen molar-refractivity contribution < 1.29 is 9.18 Å². The van der Waals surface area contributed by atoms with Crippen molar-refractivity contribution in [1.29, 1.82) is 0 Å². The molecule has 3 aromatic carbocycles. The Bertz CT molecular complexity index is 914.